The van der Waals surface area contributed by atoms with E-state index in [0.29, 0.717) is 5.00 Å². The number of nitrogens with two attached hydrogens (primary N) is 2. The number of benzene rings is 1. The monoisotopic (exact) mass is 374 g/mol. The maximum Gasteiger partial charge on any atom is 0.317 e. The number of primary amides is 2. The summed E-state index contributed by atoms with van der Waals surface area (Å²) in [6.07, 6.45) is 2.10. The second kappa shape index (κ2) is 7.76. The molecule has 3 amide bonds. The normalized spacial score (nSPS) is 15.6. The Morgan fingerprint density at radius 3 is 2.58 bits per heavy atom. The van der Waals surface area contributed by atoms with Crippen molar-refractivity contribution in [2.75, 3.05) is 25.5 Å². The lowest BCUT2D eigenvalue weighted by Crippen LogP contribution is -2.35. The van der Waals surface area contributed by atoms with E-state index in [0.717, 1.165) is 42.1 Å². The minimum absolute atomic E-state index is 0.158. The van der Waals surface area contributed by atoms with E-state index < -0.39 is 11.9 Å². The van der Waals surface area contributed by atoms with Gasteiger partial charge in [-0.1, -0.05) is 12.1 Å². The van der Waals surface area contributed by atoms with Crippen LogP contribution in [0, 0.1) is 0 Å². The molecule has 0 atom stereocenters. The van der Waals surface area contributed by atoms with Crippen LogP contribution in [0.4, 0.5) is 9.80 Å². The van der Waals surface area contributed by atoms with Crippen LogP contribution in [0.1, 0.15) is 23.2 Å². The maximum absolute atomic E-state index is 11.7. The summed E-state index contributed by atoms with van der Waals surface area (Å²) in [5.41, 5.74) is 11.7. The summed E-state index contributed by atoms with van der Waals surface area (Å²) in [6, 6.07) is 8.58. The third-order valence-corrected chi connectivity index (χ3v) is 5.43. The van der Waals surface area contributed by atoms with Crippen LogP contribution >= 0.6 is 11.3 Å². The number of thiophene rings is 1. The number of amides is 3. The molecule has 138 valence electrons. The molecule has 0 unspecified atom stereocenters. The van der Waals surface area contributed by atoms with E-state index in [2.05, 4.69) is 17.3 Å². The van der Waals surface area contributed by atoms with Crippen molar-refractivity contribution in [1.29, 1.82) is 0 Å². The molecule has 0 spiro atoms. The molecule has 1 aromatic heterocycles. The largest absolute Gasteiger partial charge is 0.490 e. The van der Waals surface area contributed by atoms with Gasteiger partial charge in [-0.05, 0) is 38.1 Å². The number of urea groups is 1. The number of carbonyl (C=O) groups is 2. The number of piperidine rings is 1. The molecule has 26 heavy (non-hydrogen) atoms. The van der Waals surface area contributed by atoms with Gasteiger partial charge >= 0.3 is 6.03 Å². The second-order valence-corrected chi connectivity index (χ2v) is 7.38. The van der Waals surface area contributed by atoms with Crippen molar-refractivity contribution in [3.63, 3.8) is 0 Å². The van der Waals surface area contributed by atoms with Crippen molar-refractivity contribution in [3.8, 4) is 16.2 Å². The van der Waals surface area contributed by atoms with E-state index in [1.54, 1.807) is 6.07 Å². The first-order valence-electron chi connectivity index (χ1n) is 8.38. The van der Waals surface area contributed by atoms with Crippen molar-refractivity contribution in [1.82, 2.24) is 4.90 Å². The summed E-state index contributed by atoms with van der Waals surface area (Å²) in [6.45, 7) is 2.01. The molecular weight excluding hydrogens is 352 g/mol. The van der Waals surface area contributed by atoms with Crippen LogP contribution in [-0.2, 0) is 0 Å². The molecule has 0 saturated carbocycles. The van der Waals surface area contributed by atoms with Crippen molar-refractivity contribution < 1.29 is 14.3 Å². The van der Waals surface area contributed by atoms with Gasteiger partial charge < -0.3 is 21.1 Å². The molecule has 0 aliphatic carbocycles. The van der Waals surface area contributed by atoms with E-state index in [4.69, 9.17) is 16.2 Å². The predicted octanol–water partition coefficient (Wildman–Crippen LogP) is 2.48. The van der Waals surface area contributed by atoms with Crippen LogP contribution in [0.15, 0.2) is 30.3 Å². The number of hydrogen-bond donors (Lipinski definition) is 3. The van der Waals surface area contributed by atoms with Gasteiger partial charge in [-0.15, -0.1) is 11.3 Å². The van der Waals surface area contributed by atoms with E-state index in [-0.39, 0.29) is 11.7 Å². The van der Waals surface area contributed by atoms with Gasteiger partial charge in [0.1, 0.15) is 16.9 Å². The van der Waals surface area contributed by atoms with Crippen LogP contribution in [0.25, 0.3) is 10.4 Å². The minimum atomic E-state index is -0.739. The van der Waals surface area contributed by atoms with Crippen LogP contribution in [0.5, 0.6) is 5.75 Å². The molecule has 1 aliphatic rings. The molecule has 7 nitrogen and oxygen atoms in total. The van der Waals surface area contributed by atoms with E-state index in [1.807, 2.05) is 24.3 Å². The predicted molar refractivity (Wildman–Crippen MR) is 103 cm³/mol. The number of carbonyl (C=O) groups excluding carboxylic acids is 2. The third kappa shape index (κ3) is 4.14. The molecule has 0 radical (unpaired) electrons. The highest BCUT2D eigenvalue weighted by atomic mass is 32.1. The second-order valence-electron chi connectivity index (χ2n) is 6.32. The fraction of sp³-hybridized carbons (Fsp3) is 0.333. The van der Waals surface area contributed by atoms with Crippen molar-refractivity contribution >= 4 is 28.3 Å². The lowest BCUT2D eigenvalue weighted by molar-refractivity contribution is 0.100. The number of nitrogens with zero attached hydrogens (tertiary/aromatic N) is 1. The molecule has 1 fully saturated rings. The summed E-state index contributed by atoms with van der Waals surface area (Å²) in [7, 11) is 2.11. The topological polar surface area (TPSA) is 111 Å². The summed E-state index contributed by atoms with van der Waals surface area (Å²) < 4.78 is 6.23. The Kier molecular flexibility index (Phi) is 5.43. The Balaban J connectivity index is 1.90. The summed E-state index contributed by atoms with van der Waals surface area (Å²) >= 11 is 1.24. The van der Waals surface area contributed by atoms with Crippen molar-refractivity contribution in [2.24, 2.45) is 11.5 Å². The summed E-state index contributed by atoms with van der Waals surface area (Å²) in [4.78, 5) is 25.9. The highest BCUT2D eigenvalue weighted by Crippen LogP contribution is 2.40. The Bertz CT molecular complexity index is 813. The average Bonchev–Trinajstić information content (AvgIpc) is 3.00. The Hall–Kier alpha value is -2.58. The van der Waals surface area contributed by atoms with Gasteiger partial charge in [-0.3, -0.25) is 10.1 Å². The van der Waals surface area contributed by atoms with Gasteiger partial charge in [0.15, 0.2) is 0 Å². The van der Waals surface area contributed by atoms with Gasteiger partial charge in [0, 0.05) is 23.5 Å². The average molecular weight is 374 g/mol. The molecule has 2 aromatic rings. The van der Waals surface area contributed by atoms with Crippen LogP contribution in [0.3, 0.4) is 0 Å². The molecule has 8 heteroatoms. The molecule has 1 aromatic carbocycles. The number of nitrogens with one attached hydrogen (secondary N) is 1. The van der Waals surface area contributed by atoms with Gasteiger partial charge in [-0.25, -0.2) is 4.79 Å². The molecule has 3 rings (SSSR count). The first-order chi connectivity index (χ1) is 12.4. The van der Waals surface area contributed by atoms with Gasteiger partial charge in [0.25, 0.3) is 5.91 Å². The summed E-state index contributed by atoms with van der Waals surface area (Å²) in [5, 5.41) is 2.80. The van der Waals surface area contributed by atoms with Gasteiger partial charge in [0.05, 0.1) is 5.56 Å². The van der Waals surface area contributed by atoms with Crippen LogP contribution < -0.4 is 21.5 Å². The van der Waals surface area contributed by atoms with E-state index >= 15 is 0 Å². The van der Waals surface area contributed by atoms with Crippen molar-refractivity contribution in [3.05, 3.63) is 35.9 Å². The molecule has 5 N–H and O–H groups in total. The number of hydrogen-bond acceptors (Lipinski definition) is 5. The third-order valence-electron chi connectivity index (χ3n) is 4.35. The van der Waals surface area contributed by atoms with Crippen molar-refractivity contribution in [2.45, 2.75) is 18.9 Å². The minimum Gasteiger partial charge on any atom is -0.490 e. The van der Waals surface area contributed by atoms with E-state index in [9.17, 15) is 9.59 Å². The maximum atomic E-state index is 11.7. The quantitative estimate of drug-likeness (QED) is 0.746. The number of rotatable bonds is 5. The van der Waals surface area contributed by atoms with Crippen LogP contribution in [0.2, 0.25) is 0 Å². The zero-order chi connectivity index (χ0) is 18.7. The van der Waals surface area contributed by atoms with E-state index in [1.165, 1.54) is 11.3 Å². The molecule has 1 saturated heterocycles. The first-order valence-corrected chi connectivity index (χ1v) is 9.20. The van der Waals surface area contributed by atoms with Crippen LogP contribution in [-0.4, -0.2) is 43.1 Å². The Morgan fingerprint density at radius 2 is 1.92 bits per heavy atom. The number of likely N-dealkylation sites (tertiary alicyclic amines) is 1. The molecular formula is C18H22N4O3S. The van der Waals surface area contributed by atoms with Gasteiger partial charge in [0.2, 0.25) is 0 Å². The fourth-order valence-electron chi connectivity index (χ4n) is 2.97. The first kappa shape index (κ1) is 18.2. The molecule has 0 bridgehead atoms. The Morgan fingerprint density at radius 1 is 1.23 bits per heavy atom. The fourth-order valence-corrected chi connectivity index (χ4v) is 4.06. The van der Waals surface area contributed by atoms with Gasteiger partial charge in [-0.2, -0.15) is 0 Å². The SMILES string of the molecule is CN1CCC(Oc2ccccc2-c2cc(C(N)=O)c(NC(N)=O)s2)CC1. The zero-order valence-electron chi connectivity index (χ0n) is 14.5. The molecule has 2 heterocycles. The lowest BCUT2D eigenvalue weighted by Gasteiger charge is -2.29. The molecule has 1 aliphatic heterocycles. The number of para-hydroxylation sites is 1. The summed E-state index contributed by atoms with van der Waals surface area (Å²) in [5.74, 6) is 0.134. The lowest BCUT2D eigenvalue weighted by atomic mass is 10.1. The highest BCUT2D eigenvalue weighted by Gasteiger charge is 2.21. The number of ether oxygens (including phenoxy) is 1. The smallest absolute Gasteiger partial charge is 0.317 e. The zero-order valence-corrected chi connectivity index (χ0v) is 15.3. The standard InChI is InChI=1S/C18H22N4O3S/c1-22-8-6-11(7-9-22)25-14-5-3-2-4-12(14)15-10-13(16(19)23)17(26-15)21-18(20)24/h2-5,10-11H,6-9H2,1H3,(H2,19,23)(H3,20,21,24). The Labute approximate surface area is 155 Å². The number of anilines is 1. The highest BCUT2D eigenvalue weighted by molar-refractivity contribution is 7.20.